The highest BCUT2D eigenvalue weighted by Gasteiger charge is 2.32. The molecule has 168 valence electrons. The van der Waals surface area contributed by atoms with E-state index < -0.39 is 35.4 Å². The van der Waals surface area contributed by atoms with Crippen molar-refractivity contribution in [2.45, 2.75) is 16.3 Å². The molecule has 1 aromatic heterocycles. The fourth-order valence-corrected chi connectivity index (χ4v) is 6.31. The van der Waals surface area contributed by atoms with Crippen LogP contribution in [-0.4, -0.2) is 51.6 Å². The van der Waals surface area contributed by atoms with Crippen LogP contribution in [0, 0.1) is 0 Å². The number of hydrogen-bond donors (Lipinski definition) is 4. The molecule has 2 aromatic carbocycles. The quantitative estimate of drug-likeness (QED) is 0.372. The number of nitrogens with one attached hydrogen (secondary N) is 1. The number of H-pyrrole nitrogens is 1. The molecule has 0 radical (unpaired) electrons. The largest absolute Gasteiger partial charge is 0.341 e. The van der Waals surface area contributed by atoms with E-state index in [1.54, 1.807) is 18.2 Å². The number of imidazole rings is 1. The molecule has 7 N–H and O–H groups in total. The summed E-state index contributed by atoms with van der Waals surface area (Å²) < 4.78 is 51.1. The fraction of sp³-hybridized carbons (Fsp3) is 0.222. The molecule has 0 bridgehead atoms. The summed E-state index contributed by atoms with van der Waals surface area (Å²) in [5.41, 5.74) is 13.1. The number of rotatable bonds is 7. The summed E-state index contributed by atoms with van der Waals surface area (Å²) in [7, 11) is -8.60. The maximum absolute atomic E-state index is 12.8. The Kier molecular flexibility index (Phi) is 5.64. The molecule has 2 heterocycles. The smallest absolute Gasteiger partial charge is 0.240 e. The van der Waals surface area contributed by atoms with E-state index >= 15 is 0 Å². The predicted molar refractivity (Wildman–Crippen MR) is 118 cm³/mol. The number of amidine groups is 1. The number of nitrogens with zero attached hydrogens (tertiary/aromatic N) is 4. The maximum atomic E-state index is 12.8. The minimum atomic E-state index is -4.54. The Hall–Kier alpha value is -3.04. The van der Waals surface area contributed by atoms with Gasteiger partial charge in [-0.05, 0) is 17.7 Å². The first kappa shape index (κ1) is 22.2. The lowest BCUT2D eigenvalue weighted by atomic mass is 9.97. The summed E-state index contributed by atoms with van der Waals surface area (Å²) in [6.07, 6.45) is 0. The van der Waals surface area contributed by atoms with Gasteiger partial charge in [-0.1, -0.05) is 18.2 Å². The molecule has 12 nitrogen and oxygen atoms in total. The van der Waals surface area contributed by atoms with E-state index in [9.17, 15) is 16.8 Å². The van der Waals surface area contributed by atoms with E-state index in [4.69, 9.17) is 16.6 Å². The van der Waals surface area contributed by atoms with Crippen molar-refractivity contribution in [2.24, 2.45) is 31.8 Å². The van der Waals surface area contributed by atoms with Gasteiger partial charge in [0.15, 0.2) is 22.3 Å². The van der Waals surface area contributed by atoms with Crippen LogP contribution in [0.5, 0.6) is 0 Å². The van der Waals surface area contributed by atoms with Gasteiger partial charge in [0.1, 0.15) is 10.7 Å². The summed E-state index contributed by atoms with van der Waals surface area (Å²) in [4.78, 5) is 10.6. The number of primary sulfonamides is 1. The summed E-state index contributed by atoms with van der Waals surface area (Å²) in [5, 5.41) is 13.2. The predicted octanol–water partition coefficient (Wildman–Crippen LogP) is 0.238. The number of fused-ring (bicyclic) bond motifs is 1. The second kappa shape index (κ2) is 8.14. The molecule has 4 rings (SSSR count). The third-order valence-electron chi connectivity index (χ3n) is 4.85. The average Bonchev–Trinajstić information content (AvgIpc) is 3.41. The van der Waals surface area contributed by atoms with Crippen LogP contribution in [0.2, 0.25) is 0 Å². The van der Waals surface area contributed by atoms with Crippen molar-refractivity contribution >= 4 is 36.7 Å². The van der Waals surface area contributed by atoms with Gasteiger partial charge in [-0.3, -0.25) is 0 Å². The number of aromatic nitrogens is 2. The Bertz CT molecular complexity index is 1490. The molecular weight excluding hydrogens is 456 g/mol. The normalized spacial score (nSPS) is 14.3. The Morgan fingerprint density at radius 3 is 2.44 bits per heavy atom. The molecule has 0 aliphatic carbocycles. The first-order valence-electron chi connectivity index (χ1n) is 9.40. The highest BCUT2D eigenvalue weighted by Crippen LogP contribution is 2.37. The molecule has 1 aliphatic heterocycles. The van der Waals surface area contributed by atoms with Gasteiger partial charge in [-0.15, -0.1) is 5.11 Å². The topological polar surface area (TPSA) is 212 Å². The Labute approximate surface area is 183 Å². The lowest BCUT2D eigenvalue weighted by Crippen LogP contribution is -2.24. The second-order valence-corrected chi connectivity index (χ2v) is 10.5. The number of aliphatic imine (C=N–C) groups is 1. The van der Waals surface area contributed by atoms with Crippen LogP contribution < -0.4 is 16.6 Å². The van der Waals surface area contributed by atoms with Crippen molar-refractivity contribution in [2.75, 3.05) is 19.0 Å². The highest BCUT2D eigenvalue weighted by atomic mass is 32.2. The Morgan fingerprint density at radius 2 is 1.81 bits per heavy atom. The molecule has 0 spiro atoms. The third kappa shape index (κ3) is 3.82. The van der Waals surface area contributed by atoms with Gasteiger partial charge in [0.25, 0.3) is 0 Å². The van der Waals surface area contributed by atoms with Gasteiger partial charge < -0.3 is 16.5 Å². The van der Waals surface area contributed by atoms with Crippen LogP contribution in [-0.2, 0) is 26.4 Å². The van der Waals surface area contributed by atoms with E-state index in [0.717, 1.165) is 0 Å². The van der Waals surface area contributed by atoms with Crippen molar-refractivity contribution in [1.82, 2.24) is 9.97 Å². The fourth-order valence-electron chi connectivity index (χ4n) is 3.56. The van der Waals surface area contributed by atoms with Crippen LogP contribution in [0.4, 0.5) is 0 Å². The van der Waals surface area contributed by atoms with Crippen molar-refractivity contribution in [1.29, 1.82) is 0 Å². The average molecular weight is 477 g/mol. The first-order chi connectivity index (χ1) is 15.2. The zero-order valence-electron chi connectivity index (χ0n) is 16.7. The van der Waals surface area contributed by atoms with Crippen LogP contribution in [0.3, 0.4) is 0 Å². The number of para-hydroxylation sites is 1. The first-order valence-corrected chi connectivity index (χ1v) is 12.6. The van der Waals surface area contributed by atoms with E-state index in [-0.39, 0.29) is 31.2 Å². The molecule has 0 atom stereocenters. The Morgan fingerprint density at radius 1 is 1.03 bits per heavy atom. The molecule has 0 unspecified atom stereocenters. The van der Waals surface area contributed by atoms with Gasteiger partial charge in [-0.2, -0.15) is 5.11 Å². The van der Waals surface area contributed by atoms with E-state index in [1.165, 1.54) is 12.1 Å². The van der Waals surface area contributed by atoms with E-state index in [2.05, 4.69) is 25.2 Å². The van der Waals surface area contributed by atoms with Crippen molar-refractivity contribution in [3.8, 4) is 11.1 Å². The third-order valence-corrected chi connectivity index (χ3v) is 7.75. The van der Waals surface area contributed by atoms with Gasteiger partial charge in [-0.25, -0.2) is 32.0 Å². The molecule has 14 heteroatoms. The summed E-state index contributed by atoms with van der Waals surface area (Å²) in [6.45, 7) is -0.0539. The number of sulfonamides is 1. The number of nitrogens with two attached hydrogens (primary N) is 3. The van der Waals surface area contributed by atoms with Crippen LogP contribution in [0.25, 0.3) is 22.2 Å². The monoisotopic (exact) mass is 476 g/mol. The zero-order valence-corrected chi connectivity index (χ0v) is 18.3. The summed E-state index contributed by atoms with van der Waals surface area (Å²) in [6, 6.07) is 7.93. The molecule has 0 fully saturated rings. The van der Waals surface area contributed by atoms with Crippen LogP contribution in [0.1, 0.15) is 11.4 Å². The van der Waals surface area contributed by atoms with Crippen molar-refractivity contribution in [3.05, 3.63) is 41.7 Å². The van der Waals surface area contributed by atoms with E-state index in [0.29, 0.717) is 28.0 Å². The maximum Gasteiger partial charge on any atom is 0.240 e. The molecule has 0 amide bonds. The van der Waals surface area contributed by atoms with Gasteiger partial charge in [0.2, 0.25) is 10.0 Å². The van der Waals surface area contributed by atoms with Crippen molar-refractivity contribution in [3.63, 3.8) is 0 Å². The van der Waals surface area contributed by atoms with Crippen molar-refractivity contribution < 1.29 is 16.8 Å². The zero-order chi connectivity index (χ0) is 23.1. The highest BCUT2D eigenvalue weighted by molar-refractivity contribution is 7.93. The van der Waals surface area contributed by atoms with Crippen LogP contribution in [0.15, 0.2) is 55.3 Å². The molecule has 0 saturated carbocycles. The second-order valence-electron chi connectivity index (χ2n) is 6.92. The van der Waals surface area contributed by atoms with Crippen LogP contribution >= 0.6 is 0 Å². The lowest BCUT2D eigenvalue weighted by molar-refractivity contribution is 0.583. The lowest BCUT2D eigenvalue weighted by Gasteiger charge is -2.17. The number of hydrogen-bond acceptors (Lipinski definition) is 10. The summed E-state index contributed by atoms with van der Waals surface area (Å²) in [5.74, 6) is 0.0259. The minimum absolute atomic E-state index is 0.0253. The molecule has 3 aromatic rings. The standard InChI is InChI=1S/C18H20N8O4S2/c19-6-7-31(27,28)13-5-4-10(11-2-1-3-12-16(11)25-14(8-20)24-12)15(17(13)32(21,29)30)18-22-9-23-26-18/h1-5H,6-9,19-20H2,(H,24,25)(H2,21,29,30). The molecule has 1 aliphatic rings. The van der Waals surface area contributed by atoms with Gasteiger partial charge in [0, 0.05) is 12.1 Å². The minimum Gasteiger partial charge on any atom is -0.341 e. The number of benzene rings is 2. The number of aromatic amines is 1. The SMILES string of the molecule is NCCS(=O)(=O)c1ccc(-c2cccc3[nH]c(CN)nc23)c(C2=NCN=N2)c1S(N)(=O)=O. The van der Waals surface area contributed by atoms with Gasteiger partial charge in [0.05, 0.1) is 33.8 Å². The van der Waals surface area contributed by atoms with Gasteiger partial charge >= 0.3 is 0 Å². The number of azo groups is 1. The summed E-state index contributed by atoms with van der Waals surface area (Å²) >= 11 is 0. The molecular formula is C18H20N8O4S2. The molecule has 32 heavy (non-hydrogen) atoms. The number of sulfone groups is 1. The van der Waals surface area contributed by atoms with E-state index in [1.807, 2.05) is 0 Å². The Balaban J connectivity index is 2.15. The molecule has 0 saturated heterocycles.